The van der Waals surface area contributed by atoms with Crippen LogP contribution in [0.5, 0.6) is 11.5 Å². The minimum absolute atomic E-state index is 0.0837. The molecule has 1 aromatic heterocycles. The number of nitrogens with zero attached hydrogens (tertiary/aromatic N) is 1. The molecule has 2 rings (SSSR count). The van der Waals surface area contributed by atoms with Crippen LogP contribution in [0.1, 0.15) is 22.8 Å². The Morgan fingerprint density at radius 1 is 1.09 bits per heavy atom. The summed E-state index contributed by atoms with van der Waals surface area (Å²) < 4.78 is 57.4. The maximum Gasteiger partial charge on any atom is 0.436 e. The van der Waals surface area contributed by atoms with Gasteiger partial charge in [0.15, 0.2) is 11.5 Å². The Labute approximate surface area is 183 Å². The molecule has 1 aromatic carbocycles. The van der Waals surface area contributed by atoms with Crippen LogP contribution in [0.4, 0.5) is 13.2 Å². The Hall–Kier alpha value is -3.34. The number of aromatic nitrogens is 1. The van der Waals surface area contributed by atoms with Gasteiger partial charge in [-0.2, -0.15) is 13.2 Å². The number of hydrogen-bond acceptors (Lipinski definition) is 7. The number of pyridine rings is 1. The molecule has 0 saturated heterocycles. The number of halogens is 3. The first-order chi connectivity index (χ1) is 15.2. The van der Waals surface area contributed by atoms with Gasteiger partial charge in [-0.3, -0.25) is 15.1 Å². The Morgan fingerprint density at radius 2 is 1.81 bits per heavy atom. The van der Waals surface area contributed by atoms with Gasteiger partial charge in [-0.1, -0.05) is 6.07 Å². The fourth-order valence-corrected chi connectivity index (χ4v) is 2.86. The molecule has 2 N–H and O–H groups in total. The van der Waals surface area contributed by atoms with E-state index in [2.05, 4.69) is 15.0 Å². The molecule has 2 aromatic rings. The topological polar surface area (TPSA) is 98.8 Å². The zero-order chi connectivity index (χ0) is 23.8. The summed E-state index contributed by atoms with van der Waals surface area (Å²) in [5, 5.41) is 3.91. The number of rotatable bonds is 10. The number of nitrogens with one attached hydrogen (secondary N) is 2. The minimum atomic E-state index is -5.20. The quantitative estimate of drug-likeness (QED) is 0.420. The molecule has 11 heteroatoms. The number of alkyl halides is 3. The first kappa shape index (κ1) is 24.9. The zero-order valence-corrected chi connectivity index (χ0v) is 17.8. The van der Waals surface area contributed by atoms with Crippen molar-refractivity contribution >= 4 is 11.9 Å². The third-order valence-corrected chi connectivity index (χ3v) is 4.48. The molecule has 0 aliphatic heterocycles. The molecule has 0 radical (unpaired) electrons. The minimum Gasteiger partial charge on any atom is -0.493 e. The zero-order valence-electron chi connectivity index (χ0n) is 17.8. The second-order valence-electron chi connectivity index (χ2n) is 6.53. The van der Waals surface area contributed by atoms with Gasteiger partial charge < -0.3 is 19.5 Å². The van der Waals surface area contributed by atoms with Crippen molar-refractivity contribution in [2.45, 2.75) is 25.2 Å². The average Bonchev–Trinajstić information content (AvgIpc) is 2.78. The SMILES string of the molecule is CCOC(=O)C(NCCc1ccc(OC)c(OC)c1)(NC(=O)c1cccnc1)C(F)(F)F. The molecule has 174 valence electrons. The summed E-state index contributed by atoms with van der Waals surface area (Å²) >= 11 is 0. The van der Waals surface area contributed by atoms with Gasteiger partial charge in [-0.15, -0.1) is 0 Å². The summed E-state index contributed by atoms with van der Waals surface area (Å²) in [7, 11) is 2.89. The summed E-state index contributed by atoms with van der Waals surface area (Å²) in [6.45, 7) is 0.740. The van der Waals surface area contributed by atoms with Crippen molar-refractivity contribution in [1.29, 1.82) is 0 Å². The molecule has 0 spiro atoms. The van der Waals surface area contributed by atoms with Crippen molar-refractivity contribution in [3.8, 4) is 11.5 Å². The number of benzene rings is 1. The molecule has 32 heavy (non-hydrogen) atoms. The number of amides is 1. The maximum atomic E-state index is 14.1. The van der Waals surface area contributed by atoms with E-state index in [-0.39, 0.29) is 25.1 Å². The largest absolute Gasteiger partial charge is 0.493 e. The molecule has 0 fully saturated rings. The third kappa shape index (κ3) is 5.67. The highest BCUT2D eigenvalue weighted by Crippen LogP contribution is 2.31. The van der Waals surface area contributed by atoms with E-state index in [0.29, 0.717) is 17.1 Å². The van der Waals surface area contributed by atoms with E-state index in [0.717, 1.165) is 6.20 Å². The van der Waals surface area contributed by atoms with E-state index in [1.165, 1.54) is 39.5 Å². The van der Waals surface area contributed by atoms with E-state index >= 15 is 0 Å². The van der Waals surface area contributed by atoms with Crippen molar-refractivity contribution < 1.29 is 37.0 Å². The van der Waals surface area contributed by atoms with E-state index in [1.807, 2.05) is 0 Å². The van der Waals surface area contributed by atoms with Crippen molar-refractivity contribution in [1.82, 2.24) is 15.6 Å². The number of carbonyl (C=O) groups excluding carboxylic acids is 2. The lowest BCUT2D eigenvalue weighted by Gasteiger charge is -2.34. The number of methoxy groups -OCH3 is 2. The van der Waals surface area contributed by atoms with Crippen LogP contribution in [0.2, 0.25) is 0 Å². The van der Waals surface area contributed by atoms with Crippen LogP contribution in [0, 0.1) is 0 Å². The highest BCUT2D eigenvalue weighted by molar-refractivity contribution is 5.98. The number of carbonyl (C=O) groups is 2. The molecule has 1 amide bonds. The van der Waals surface area contributed by atoms with Crippen molar-refractivity contribution in [3.05, 3.63) is 53.9 Å². The van der Waals surface area contributed by atoms with Gasteiger partial charge in [-0.25, -0.2) is 4.79 Å². The normalized spacial score (nSPS) is 13.1. The lowest BCUT2D eigenvalue weighted by Crippen LogP contribution is -2.73. The first-order valence-corrected chi connectivity index (χ1v) is 9.61. The van der Waals surface area contributed by atoms with Gasteiger partial charge in [0, 0.05) is 18.9 Å². The van der Waals surface area contributed by atoms with Crippen molar-refractivity contribution in [2.24, 2.45) is 0 Å². The van der Waals surface area contributed by atoms with Crippen molar-refractivity contribution in [2.75, 3.05) is 27.4 Å². The van der Waals surface area contributed by atoms with Crippen LogP contribution >= 0.6 is 0 Å². The van der Waals surface area contributed by atoms with Crippen molar-refractivity contribution in [3.63, 3.8) is 0 Å². The number of hydrogen-bond donors (Lipinski definition) is 2. The highest BCUT2D eigenvalue weighted by atomic mass is 19.4. The van der Waals surface area contributed by atoms with Gasteiger partial charge in [0.1, 0.15) is 0 Å². The molecule has 0 aliphatic rings. The van der Waals surface area contributed by atoms with Crippen LogP contribution in [0.25, 0.3) is 0 Å². The Balaban J connectivity index is 2.29. The Kier molecular flexibility index (Phi) is 8.41. The predicted molar refractivity (Wildman–Crippen MR) is 108 cm³/mol. The van der Waals surface area contributed by atoms with Gasteiger partial charge >= 0.3 is 12.1 Å². The third-order valence-electron chi connectivity index (χ3n) is 4.48. The van der Waals surface area contributed by atoms with Gasteiger partial charge in [0.05, 0.1) is 26.4 Å². The Morgan fingerprint density at radius 3 is 2.38 bits per heavy atom. The fraction of sp³-hybridized carbons (Fsp3) is 0.381. The smallest absolute Gasteiger partial charge is 0.436 e. The lowest BCUT2D eigenvalue weighted by atomic mass is 10.1. The monoisotopic (exact) mass is 455 g/mol. The van der Waals surface area contributed by atoms with Crippen LogP contribution in [0.3, 0.4) is 0 Å². The van der Waals surface area contributed by atoms with E-state index in [1.54, 1.807) is 23.5 Å². The van der Waals surface area contributed by atoms with Gasteiger partial charge in [-0.05, 0) is 43.2 Å². The molecule has 1 unspecified atom stereocenters. The molecule has 1 atom stereocenters. The standard InChI is InChI=1S/C21H24F3N3O5/c1-4-32-19(29)20(21(22,23)24,27-18(28)15-6-5-10-25-13-15)26-11-9-14-7-8-16(30-2)17(12-14)31-3/h5-8,10,12-13,26H,4,9,11H2,1-3H3,(H,27,28). The van der Waals surface area contributed by atoms with Crippen LogP contribution in [-0.2, 0) is 16.0 Å². The van der Waals surface area contributed by atoms with Crippen LogP contribution < -0.4 is 20.1 Å². The first-order valence-electron chi connectivity index (χ1n) is 9.61. The molecular formula is C21H24F3N3O5. The molecular weight excluding hydrogens is 431 g/mol. The summed E-state index contributed by atoms with van der Waals surface area (Å²) in [6, 6.07) is 7.53. The second-order valence-corrected chi connectivity index (χ2v) is 6.53. The molecule has 0 saturated carbocycles. The number of ether oxygens (including phenoxy) is 3. The summed E-state index contributed by atoms with van der Waals surface area (Å²) in [5.41, 5.74) is -2.98. The average molecular weight is 455 g/mol. The van der Waals surface area contributed by atoms with E-state index in [9.17, 15) is 22.8 Å². The summed E-state index contributed by atoms with van der Waals surface area (Å²) in [5.74, 6) is -1.94. The van der Waals surface area contributed by atoms with Gasteiger partial charge in [0.2, 0.25) is 0 Å². The molecule has 1 heterocycles. The van der Waals surface area contributed by atoms with Crippen LogP contribution in [0.15, 0.2) is 42.7 Å². The van der Waals surface area contributed by atoms with Gasteiger partial charge in [0.25, 0.3) is 11.6 Å². The number of esters is 1. The summed E-state index contributed by atoms with van der Waals surface area (Å²) in [6.07, 6.45) is -2.67. The maximum absolute atomic E-state index is 14.1. The lowest BCUT2D eigenvalue weighted by molar-refractivity contribution is -0.218. The predicted octanol–water partition coefficient (Wildman–Crippen LogP) is 2.48. The Bertz CT molecular complexity index is 925. The fourth-order valence-electron chi connectivity index (χ4n) is 2.86. The molecule has 0 aliphatic carbocycles. The summed E-state index contributed by atoms with van der Waals surface area (Å²) in [4.78, 5) is 28.6. The highest BCUT2D eigenvalue weighted by Gasteiger charge is 2.63. The second kappa shape index (κ2) is 10.8. The van der Waals surface area contributed by atoms with Crippen LogP contribution in [-0.4, -0.2) is 56.1 Å². The van der Waals surface area contributed by atoms with E-state index < -0.39 is 23.7 Å². The van der Waals surface area contributed by atoms with E-state index in [4.69, 9.17) is 9.47 Å². The molecule has 0 bridgehead atoms. The molecule has 8 nitrogen and oxygen atoms in total.